The maximum atomic E-state index is 13.1. The van der Waals surface area contributed by atoms with Gasteiger partial charge in [-0.2, -0.15) is 0 Å². The van der Waals surface area contributed by atoms with Crippen LogP contribution in [0.1, 0.15) is 6.92 Å². The molecule has 0 radical (unpaired) electrons. The van der Waals surface area contributed by atoms with Crippen molar-refractivity contribution in [1.82, 2.24) is 10.2 Å². The number of nitrogens with one attached hydrogen (secondary N) is 1. The van der Waals surface area contributed by atoms with Crippen LogP contribution in [0.2, 0.25) is 0 Å². The Kier molecular flexibility index (Phi) is 11.5. The zero-order valence-corrected chi connectivity index (χ0v) is 17.9. The van der Waals surface area contributed by atoms with E-state index < -0.39 is 0 Å². The van der Waals surface area contributed by atoms with Gasteiger partial charge in [0.05, 0.1) is 26.4 Å². The first kappa shape index (κ1) is 22.9. The summed E-state index contributed by atoms with van der Waals surface area (Å²) in [6, 6.07) is 6.69. The van der Waals surface area contributed by atoms with Crippen molar-refractivity contribution in [2.45, 2.75) is 6.92 Å². The number of nitrogens with zero attached hydrogens (tertiary/aromatic N) is 3. The van der Waals surface area contributed by atoms with E-state index in [2.05, 4.69) is 27.0 Å². The molecule has 1 aromatic carbocycles. The van der Waals surface area contributed by atoms with Crippen molar-refractivity contribution in [2.75, 3.05) is 71.1 Å². The molecule has 1 aliphatic heterocycles. The average Bonchev–Trinajstić information content (AvgIpc) is 2.64. The summed E-state index contributed by atoms with van der Waals surface area (Å²) >= 11 is 0. The fourth-order valence-electron chi connectivity index (χ4n) is 2.71. The van der Waals surface area contributed by atoms with Gasteiger partial charge in [-0.15, -0.1) is 24.0 Å². The largest absolute Gasteiger partial charge is 0.382 e. The van der Waals surface area contributed by atoms with E-state index in [4.69, 9.17) is 9.47 Å². The molecule has 0 saturated carbocycles. The van der Waals surface area contributed by atoms with E-state index in [9.17, 15) is 4.39 Å². The smallest absolute Gasteiger partial charge is 0.194 e. The molecule has 1 heterocycles. The van der Waals surface area contributed by atoms with Gasteiger partial charge < -0.3 is 24.6 Å². The molecule has 6 nitrogen and oxygen atoms in total. The lowest BCUT2D eigenvalue weighted by molar-refractivity contribution is 0.0747. The van der Waals surface area contributed by atoms with Gasteiger partial charge in [0.15, 0.2) is 5.96 Å². The standard InChI is InChI=1S/C18H29FN4O2.HI/c1-3-20-18(21-8-13-25-15-14-24-2)23-11-9-22(10-12-23)17-6-4-16(19)5-7-17;/h4-7H,3,8-15H2,1-2H3,(H,20,21);1H. The summed E-state index contributed by atoms with van der Waals surface area (Å²) in [5.41, 5.74) is 1.06. The molecule has 1 N–H and O–H groups in total. The Balaban J connectivity index is 0.00000338. The van der Waals surface area contributed by atoms with Gasteiger partial charge in [-0.25, -0.2) is 4.39 Å². The van der Waals surface area contributed by atoms with Crippen molar-refractivity contribution in [3.8, 4) is 0 Å². The summed E-state index contributed by atoms with van der Waals surface area (Å²) in [4.78, 5) is 9.18. The predicted octanol–water partition coefficient (Wildman–Crippen LogP) is 2.19. The number of hydrogen-bond donors (Lipinski definition) is 1. The molecule has 0 atom stereocenters. The number of rotatable bonds is 8. The monoisotopic (exact) mass is 480 g/mol. The molecular weight excluding hydrogens is 450 g/mol. The van der Waals surface area contributed by atoms with Gasteiger partial charge in [0.1, 0.15) is 5.82 Å². The number of ether oxygens (including phenoxy) is 2. The molecule has 0 amide bonds. The molecular formula is C18H30FIN4O2. The number of aliphatic imine (C=N–C) groups is 1. The van der Waals surface area contributed by atoms with Crippen molar-refractivity contribution in [2.24, 2.45) is 4.99 Å². The van der Waals surface area contributed by atoms with Crippen molar-refractivity contribution in [3.63, 3.8) is 0 Å². The molecule has 0 aliphatic carbocycles. The normalized spacial score (nSPS) is 15.0. The van der Waals surface area contributed by atoms with Crippen LogP contribution in [0.4, 0.5) is 10.1 Å². The number of piperazine rings is 1. The Bertz CT molecular complexity index is 522. The van der Waals surface area contributed by atoms with Crippen LogP contribution in [0.5, 0.6) is 0 Å². The molecule has 0 aromatic heterocycles. The van der Waals surface area contributed by atoms with Gasteiger partial charge >= 0.3 is 0 Å². The van der Waals surface area contributed by atoms with E-state index >= 15 is 0 Å². The highest BCUT2D eigenvalue weighted by Gasteiger charge is 2.19. The van der Waals surface area contributed by atoms with Crippen LogP contribution in [0.15, 0.2) is 29.3 Å². The molecule has 8 heteroatoms. The number of methoxy groups -OCH3 is 1. The molecule has 1 aromatic rings. The van der Waals surface area contributed by atoms with Gasteiger partial charge in [-0.1, -0.05) is 0 Å². The third-order valence-electron chi connectivity index (χ3n) is 4.03. The van der Waals surface area contributed by atoms with E-state index in [1.54, 1.807) is 7.11 Å². The Morgan fingerprint density at radius 1 is 1.12 bits per heavy atom. The summed E-state index contributed by atoms with van der Waals surface area (Å²) in [5.74, 6) is 0.730. The lowest BCUT2D eigenvalue weighted by Crippen LogP contribution is -2.52. The molecule has 1 saturated heterocycles. The average molecular weight is 480 g/mol. The van der Waals surface area contributed by atoms with Gasteiger partial charge in [0.2, 0.25) is 0 Å². The summed E-state index contributed by atoms with van der Waals surface area (Å²) < 4.78 is 23.5. The van der Waals surface area contributed by atoms with E-state index in [0.717, 1.165) is 44.4 Å². The minimum Gasteiger partial charge on any atom is -0.382 e. The Morgan fingerprint density at radius 2 is 1.81 bits per heavy atom. The Labute approximate surface area is 172 Å². The number of anilines is 1. The second-order valence-corrected chi connectivity index (χ2v) is 5.79. The zero-order valence-electron chi connectivity index (χ0n) is 15.6. The van der Waals surface area contributed by atoms with E-state index in [-0.39, 0.29) is 29.8 Å². The highest BCUT2D eigenvalue weighted by atomic mass is 127. The second-order valence-electron chi connectivity index (χ2n) is 5.79. The molecule has 0 spiro atoms. The molecule has 2 rings (SSSR count). The van der Waals surface area contributed by atoms with Gasteiger partial charge in [-0.05, 0) is 31.2 Å². The number of guanidine groups is 1. The first-order valence-corrected chi connectivity index (χ1v) is 8.85. The Morgan fingerprint density at radius 3 is 2.42 bits per heavy atom. The maximum absolute atomic E-state index is 13.1. The Hall–Kier alpha value is -1.13. The van der Waals surface area contributed by atoms with Crippen LogP contribution in [0.25, 0.3) is 0 Å². The van der Waals surface area contributed by atoms with Crippen LogP contribution in [-0.2, 0) is 9.47 Å². The van der Waals surface area contributed by atoms with Gasteiger partial charge in [0, 0.05) is 45.5 Å². The van der Waals surface area contributed by atoms with Crippen LogP contribution in [0.3, 0.4) is 0 Å². The van der Waals surface area contributed by atoms with E-state index in [1.165, 1.54) is 12.1 Å². The topological polar surface area (TPSA) is 49.3 Å². The summed E-state index contributed by atoms with van der Waals surface area (Å²) in [5, 5.41) is 3.34. The number of halogens is 2. The van der Waals surface area contributed by atoms with Crippen molar-refractivity contribution in [1.29, 1.82) is 0 Å². The molecule has 0 bridgehead atoms. The SMILES string of the molecule is CCNC(=NCCOCCOC)N1CCN(c2ccc(F)cc2)CC1.I. The van der Waals surface area contributed by atoms with Gasteiger partial charge in [-0.3, -0.25) is 4.99 Å². The number of benzene rings is 1. The highest BCUT2D eigenvalue weighted by molar-refractivity contribution is 14.0. The van der Waals surface area contributed by atoms with Crippen LogP contribution >= 0.6 is 24.0 Å². The van der Waals surface area contributed by atoms with Crippen molar-refractivity contribution < 1.29 is 13.9 Å². The predicted molar refractivity (Wildman–Crippen MR) is 114 cm³/mol. The minimum absolute atomic E-state index is 0. The first-order valence-electron chi connectivity index (χ1n) is 8.85. The quantitative estimate of drug-likeness (QED) is 0.268. The third kappa shape index (κ3) is 7.63. The fourth-order valence-corrected chi connectivity index (χ4v) is 2.71. The second kappa shape index (κ2) is 13.1. The molecule has 1 fully saturated rings. The number of hydrogen-bond acceptors (Lipinski definition) is 4. The van der Waals surface area contributed by atoms with Crippen molar-refractivity contribution in [3.05, 3.63) is 30.1 Å². The minimum atomic E-state index is -0.198. The van der Waals surface area contributed by atoms with Crippen molar-refractivity contribution >= 4 is 35.6 Å². The summed E-state index contributed by atoms with van der Waals surface area (Å²) in [6.07, 6.45) is 0. The fraction of sp³-hybridized carbons (Fsp3) is 0.611. The first-order chi connectivity index (χ1) is 12.2. The lowest BCUT2D eigenvalue weighted by atomic mass is 10.2. The summed E-state index contributed by atoms with van der Waals surface area (Å²) in [6.45, 7) is 8.87. The third-order valence-corrected chi connectivity index (χ3v) is 4.03. The summed E-state index contributed by atoms with van der Waals surface area (Å²) in [7, 11) is 1.66. The molecule has 148 valence electrons. The van der Waals surface area contributed by atoms with E-state index in [0.29, 0.717) is 26.4 Å². The molecule has 1 aliphatic rings. The van der Waals surface area contributed by atoms with Crippen LogP contribution in [-0.4, -0.2) is 77.1 Å². The molecule has 0 unspecified atom stereocenters. The van der Waals surface area contributed by atoms with Crippen LogP contribution in [0, 0.1) is 5.82 Å². The van der Waals surface area contributed by atoms with E-state index in [1.807, 2.05) is 12.1 Å². The van der Waals surface area contributed by atoms with Gasteiger partial charge in [0.25, 0.3) is 0 Å². The highest BCUT2D eigenvalue weighted by Crippen LogP contribution is 2.16. The molecule has 26 heavy (non-hydrogen) atoms. The van der Waals surface area contributed by atoms with Crippen LogP contribution < -0.4 is 10.2 Å². The lowest BCUT2D eigenvalue weighted by Gasteiger charge is -2.37. The maximum Gasteiger partial charge on any atom is 0.194 e. The zero-order chi connectivity index (χ0) is 17.9.